The molecule has 2 rings (SSSR count). The molecule has 0 saturated carbocycles. The van der Waals surface area contributed by atoms with Crippen molar-refractivity contribution < 1.29 is 4.74 Å². The van der Waals surface area contributed by atoms with Gasteiger partial charge in [0.25, 0.3) is 0 Å². The summed E-state index contributed by atoms with van der Waals surface area (Å²) in [5, 5.41) is 4.95. The second-order valence-corrected chi connectivity index (χ2v) is 6.32. The van der Waals surface area contributed by atoms with Crippen LogP contribution in [0.4, 0.5) is 5.69 Å². The van der Waals surface area contributed by atoms with Crippen molar-refractivity contribution in [2.24, 2.45) is 4.99 Å². The number of ether oxygens (including phenoxy) is 1. The van der Waals surface area contributed by atoms with Gasteiger partial charge in [-0.2, -0.15) is 0 Å². The lowest BCUT2D eigenvalue weighted by Crippen LogP contribution is -2.15. The normalized spacial score (nSPS) is 17.5. The molecule has 5 heteroatoms. The maximum Gasteiger partial charge on any atom is 0.161 e. The van der Waals surface area contributed by atoms with Crippen molar-refractivity contribution in [1.29, 1.82) is 0 Å². The molecule has 18 heavy (non-hydrogen) atoms. The Labute approximate surface area is 117 Å². The molecule has 0 radical (unpaired) electrons. The van der Waals surface area contributed by atoms with Gasteiger partial charge in [0.1, 0.15) is 5.75 Å². The third kappa shape index (κ3) is 2.93. The number of nitrogens with zero attached hydrogens (tertiary/aromatic N) is 1. The molecule has 1 aromatic carbocycles. The van der Waals surface area contributed by atoms with E-state index in [2.05, 4.69) is 24.2 Å². The first-order chi connectivity index (χ1) is 8.41. The summed E-state index contributed by atoms with van der Waals surface area (Å²) in [7, 11) is 1.64. The first-order valence-electron chi connectivity index (χ1n) is 5.75. The largest absolute Gasteiger partial charge is 0.495 e. The van der Waals surface area contributed by atoms with Crippen molar-refractivity contribution in [3.05, 3.63) is 22.7 Å². The molecular weight excluding hydrogens is 268 g/mol. The van der Waals surface area contributed by atoms with E-state index >= 15 is 0 Å². The minimum absolute atomic E-state index is 0.00169. The minimum Gasteiger partial charge on any atom is -0.495 e. The van der Waals surface area contributed by atoms with Crippen molar-refractivity contribution in [2.75, 3.05) is 18.2 Å². The average Bonchev–Trinajstić information content (AvgIpc) is 2.63. The van der Waals surface area contributed by atoms with Gasteiger partial charge in [0.15, 0.2) is 5.17 Å². The number of aliphatic imine (C=N–C) groups is 1. The first kappa shape index (κ1) is 13.6. The number of anilines is 1. The van der Waals surface area contributed by atoms with Crippen LogP contribution in [-0.4, -0.2) is 23.6 Å². The standard InChI is InChI=1S/C13H17ClN2OS/c1-8-5-10(11(17-4)6-9(8)14)15-12-16-13(2,3)7-18-12/h5-6H,7H2,1-4H3,(H,15,16). The van der Waals surface area contributed by atoms with E-state index in [0.717, 1.165) is 27.9 Å². The van der Waals surface area contributed by atoms with Crippen LogP contribution in [-0.2, 0) is 0 Å². The van der Waals surface area contributed by atoms with Crippen molar-refractivity contribution in [3.63, 3.8) is 0 Å². The molecule has 0 unspecified atom stereocenters. The van der Waals surface area contributed by atoms with Crippen LogP contribution < -0.4 is 10.1 Å². The van der Waals surface area contributed by atoms with Gasteiger partial charge in [-0.1, -0.05) is 23.4 Å². The summed E-state index contributed by atoms with van der Waals surface area (Å²) in [5.41, 5.74) is 1.92. The summed E-state index contributed by atoms with van der Waals surface area (Å²) in [6, 6.07) is 3.81. The summed E-state index contributed by atoms with van der Waals surface area (Å²) in [5.74, 6) is 1.73. The molecule has 3 nitrogen and oxygen atoms in total. The lowest BCUT2D eigenvalue weighted by atomic mass is 10.1. The molecular formula is C13H17ClN2OS. The molecule has 0 aromatic heterocycles. The van der Waals surface area contributed by atoms with Gasteiger partial charge in [0.2, 0.25) is 0 Å². The van der Waals surface area contributed by atoms with Gasteiger partial charge in [-0.15, -0.1) is 0 Å². The second-order valence-electron chi connectivity index (χ2n) is 4.94. The van der Waals surface area contributed by atoms with E-state index in [0.29, 0.717) is 5.02 Å². The number of thioether (sulfide) groups is 1. The summed E-state index contributed by atoms with van der Waals surface area (Å²) < 4.78 is 5.33. The van der Waals surface area contributed by atoms with Crippen molar-refractivity contribution >= 4 is 34.2 Å². The van der Waals surface area contributed by atoms with Crippen LogP contribution in [0.5, 0.6) is 5.75 Å². The van der Waals surface area contributed by atoms with E-state index in [1.54, 1.807) is 18.9 Å². The Morgan fingerprint density at radius 1 is 1.44 bits per heavy atom. The van der Waals surface area contributed by atoms with Gasteiger partial charge in [0.05, 0.1) is 18.3 Å². The summed E-state index contributed by atoms with van der Waals surface area (Å²) in [6.45, 7) is 6.22. The topological polar surface area (TPSA) is 33.6 Å². The number of rotatable bonds is 2. The number of benzene rings is 1. The molecule has 1 heterocycles. The molecule has 98 valence electrons. The van der Waals surface area contributed by atoms with Crippen LogP contribution in [0.1, 0.15) is 19.4 Å². The molecule has 0 spiro atoms. The monoisotopic (exact) mass is 284 g/mol. The van der Waals surface area contributed by atoms with Crippen molar-refractivity contribution in [3.8, 4) is 5.75 Å². The van der Waals surface area contributed by atoms with Gasteiger partial charge < -0.3 is 10.1 Å². The van der Waals surface area contributed by atoms with Crippen molar-refractivity contribution in [1.82, 2.24) is 0 Å². The van der Waals surface area contributed by atoms with E-state index < -0.39 is 0 Å². The second kappa shape index (κ2) is 5.02. The molecule has 1 N–H and O–H groups in total. The Balaban J connectivity index is 2.27. The van der Waals surface area contributed by atoms with Crippen LogP contribution in [0, 0.1) is 6.92 Å². The molecule has 0 amide bonds. The predicted molar refractivity (Wildman–Crippen MR) is 80.3 cm³/mol. The smallest absolute Gasteiger partial charge is 0.161 e. The zero-order chi connectivity index (χ0) is 13.3. The lowest BCUT2D eigenvalue weighted by molar-refractivity contribution is 0.417. The zero-order valence-electron chi connectivity index (χ0n) is 11.0. The van der Waals surface area contributed by atoms with E-state index in [9.17, 15) is 0 Å². The molecule has 1 aliphatic heterocycles. The number of nitrogens with one attached hydrogen (secondary N) is 1. The molecule has 1 aliphatic rings. The number of amidine groups is 1. The first-order valence-corrected chi connectivity index (χ1v) is 7.11. The molecule has 1 aromatic rings. The van der Waals surface area contributed by atoms with Gasteiger partial charge in [-0.25, -0.2) is 0 Å². The molecule has 0 fully saturated rings. The maximum absolute atomic E-state index is 6.08. The van der Waals surface area contributed by atoms with Crippen LogP contribution in [0.15, 0.2) is 17.1 Å². The van der Waals surface area contributed by atoms with E-state index in [-0.39, 0.29) is 5.54 Å². The van der Waals surface area contributed by atoms with E-state index in [1.807, 2.05) is 19.1 Å². The summed E-state index contributed by atoms with van der Waals surface area (Å²) in [6.07, 6.45) is 0. The highest BCUT2D eigenvalue weighted by atomic mass is 35.5. The van der Waals surface area contributed by atoms with Crippen LogP contribution in [0.25, 0.3) is 0 Å². The molecule has 0 atom stereocenters. The van der Waals surface area contributed by atoms with Gasteiger partial charge >= 0.3 is 0 Å². The number of aryl methyl sites for hydroxylation is 1. The summed E-state index contributed by atoms with van der Waals surface area (Å²) >= 11 is 7.81. The fourth-order valence-electron chi connectivity index (χ4n) is 1.69. The number of hydrogen-bond acceptors (Lipinski definition) is 4. The average molecular weight is 285 g/mol. The predicted octanol–water partition coefficient (Wildman–Crippen LogP) is 3.95. The Morgan fingerprint density at radius 2 is 2.17 bits per heavy atom. The Hall–Kier alpha value is -0.870. The molecule has 0 saturated heterocycles. The number of halogens is 1. The Morgan fingerprint density at radius 3 is 2.72 bits per heavy atom. The highest BCUT2D eigenvalue weighted by molar-refractivity contribution is 8.14. The SMILES string of the molecule is COc1cc(Cl)c(C)cc1NC1=NC(C)(C)CS1. The highest BCUT2D eigenvalue weighted by Gasteiger charge is 2.25. The molecule has 0 aliphatic carbocycles. The highest BCUT2D eigenvalue weighted by Crippen LogP contribution is 2.34. The molecule has 0 bridgehead atoms. The quantitative estimate of drug-likeness (QED) is 0.893. The van der Waals surface area contributed by atoms with E-state index in [4.69, 9.17) is 16.3 Å². The third-order valence-corrected chi connectivity index (χ3v) is 4.41. The minimum atomic E-state index is 0.00169. The van der Waals surface area contributed by atoms with Crippen LogP contribution in [0.2, 0.25) is 5.02 Å². The number of methoxy groups -OCH3 is 1. The summed E-state index contributed by atoms with van der Waals surface area (Å²) in [4.78, 5) is 4.62. The van der Waals surface area contributed by atoms with E-state index in [1.165, 1.54) is 0 Å². The lowest BCUT2D eigenvalue weighted by Gasteiger charge is -2.12. The van der Waals surface area contributed by atoms with Crippen LogP contribution in [0.3, 0.4) is 0 Å². The zero-order valence-corrected chi connectivity index (χ0v) is 12.6. The fourth-order valence-corrected chi connectivity index (χ4v) is 2.90. The maximum atomic E-state index is 6.08. The number of hydrogen-bond donors (Lipinski definition) is 1. The fraction of sp³-hybridized carbons (Fsp3) is 0.462. The Kier molecular flexibility index (Phi) is 3.78. The Bertz CT molecular complexity index is 500. The van der Waals surface area contributed by atoms with Crippen molar-refractivity contribution in [2.45, 2.75) is 26.3 Å². The van der Waals surface area contributed by atoms with Gasteiger partial charge in [-0.3, -0.25) is 4.99 Å². The van der Waals surface area contributed by atoms with Gasteiger partial charge in [0, 0.05) is 16.8 Å². The van der Waals surface area contributed by atoms with Crippen LogP contribution >= 0.6 is 23.4 Å². The third-order valence-electron chi connectivity index (χ3n) is 2.69. The van der Waals surface area contributed by atoms with Gasteiger partial charge in [-0.05, 0) is 32.4 Å².